The van der Waals surface area contributed by atoms with E-state index in [0.29, 0.717) is 5.95 Å². The van der Waals surface area contributed by atoms with E-state index in [1.807, 2.05) is 10.7 Å². The maximum Gasteiger partial charge on any atom is 0.251 e. The molecular formula is C43H34N4P2. The average molecular weight is 669 g/mol. The second kappa shape index (κ2) is 13.5. The molecule has 0 amide bonds. The van der Waals surface area contributed by atoms with Crippen molar-refractivity contribution < 1.29 is 0 Å². The Hall–Kier alpha value is -5.53. The molecule has 0 unspecified atom stereocenters. The predicted molar refractivity (Wildman–Crippen MR) is 210 cm³/mol. The third-order valence-corrected chi connectivity index (χ3v) is 16.0. The highest BCUT2D eigenvalue weighted by atomic mass is 31.2. The van der Waals surface area contributed by atoms with E-state index in [1.54, 1.807) is 0 Å². The van der Waals surface area contributed by atoms with Crippen LogP contribution in [0.3, 0.4) is 0 Å². The summed E-state index contributed by atoms with van der Waals surface area (Å²) in [5.41, 5.74) is 1.77. The van der Waals surface area contributed by atoms with Gasteiger partial charge in [0.15, 0.2) is 0 Å². The van der Waals surface area contributed by atoms with Gasteiger partial charge in [-0.05, 0) is 12.1 Å². The fraction of sp³-hybridized carbons (Fsp3) is 0. The van der Waals surface area contributed by atoms with Gasteiger partial charge in [-0.1, -0.05) is 194 Å². The molecule has 0 aliphatic heterocycles. The highest BCUT2D eigenvalue weighted by Crippen LogP contribution is 2.51. The van der Waals surface area contributed by atoms with E-state index in [2.05, 4.69) is 200 Å². The van der Waals surface area contributed by atoms with Crippen molar-refractivity contribution in [3.05, 3.63) is 206 Å². The van der Waals surface area contributed by atoms with Crippen LogP contribution in [0.25, 0.3) is 11.0 Å². The van der Waals surface area contributed by atoms with Gasteiger partial charge >= 0.3 is 0 Å². The Bertz CT molecular complexity index is 2220. The zero-order valence-corrected chi connectivity index (χ0v) is 28.6. The molecule has 0 aliphatic carbocycles. The summed E-state index contributed by atoms with van der Waals surface area (Å²) in [4.78, 5) is 11.2. The van der Waals surface area contributed by atoms with Crippen molar-refractivity contribution in [2.45, 2.75) is 0 Å². The lowest BCUT2D eigenvalue weighted by atomic mass is 10.3. The number of aromatic nitrogens is 2. The monoisotopic (exact) mass is 668 g/mol. The largest absolute Gasteiger partial charge is 0.251 e. The predicted octanol–water partition coefficient (Wildman–Crippen LogP) is 8.79. The highest BCUT2D eigenvalue weighted by Gasteiger charge is 2.31. The number of rotatable bonds is 8. The van der Waals surface area contributed by atoms with Crippen LogP contribution in [0.15, 0.2) is 216 Å². The molecule has 0 spiro atoms. The Balaban J connectivity index is 1.57. The SMILES string of the molecule is c1ccc(P(=Nc2nc3ccccc3n2N=P(c2ccccc2)(c2ccccc2)c2ccccc2)(c2ccccc2)c2ccccc2)cc1. The van der Waals surface area contributed by atoms with E-state index in [9.17, 15) is 0 Å². The van der Waals surface area contributed by atoms with Crippen molar-refractivity contribution in [2.24, 2.45) is 9.60 Å². The topological polar surface area (TPSA) is 42.5 Å². The van der Waals surface area contributed by atoms with Gasteiger partial charge in [-0.15, -0.1) is 0 Å². The first-order valence-electron chi connectivity index (χ1n) is 16.4. The summed E-state index contributed by atoms with van der Waals surface area (Å²) < 4.78 is 7.93. The zero-order valence-electron chi connectivity index (χ0n) is 26.8. The average Bonchev–Trinajstić information content (AvgIpc) is 3.54. The maximum atomic E-state index is 5.94. The lowest BCUT2D eigenvalue weighted by molar-refractivity contribution is 0.924. The van der Waals surface area contributed by atoms with Crippen LogP contribution in [0, 0.1) is 0 Å². The minimum atomic E-state index is -2.65. The molecule has 0 bridgehead atoms. The molecule has 0 N–H and O–H groups in total. The van der Waals surface area contributed by atoms with Gasteiger partial charge in [-0.3, -0.25) is 0 Å². The Labute approximate surface area is 287 Å². The minimum absolute atomic E-state index is 0.582. The number of para-hydroxylation sites is 2. The van der Waals surface area contributed by atoms with Gasteiger partial charge in [-0.25, -0.2) is 9.73 Å². The van der Waals surface area contributed by atoms with E-state index in [0.717, 1.165) is 42.9 Å². The van der Waals surface area contributed by atoms with Gasteiger partial charge in [0.2, 0.25) is 0 Å². The molecule has 4 nitrogen and oxygen atoms in total. The van der Waals surface area contributed by atoms with Crippen LogP contribution in [-0.4, -0.2) is 9.66 Å². The lowest BCUT2D eigenvalue weighted by Gasteiger charge is -2.28. The van der Waals surface area contributed by atoms with Gasteiger partial charge in [0.25, 0.3) is 5.95 Å². The second-order valence-corrected chi connectivity index (χ2v) is 17.7. The summed E-state index contributed by atoms with van der Waals surface area (Å²) in [6.45, 7) is 0. The number of imidazole rings is 1. The lowest BCUT2D eigenvalue weighted by Crippen LogP contribution is -2.26. The Kier molecular flexibility index (Phi) is 8.50. The Morgan fingerprint density at radius 2 is 0.653 bits per heavy atom. The van der Waals surface area contributed by atoms with Crippen molar-refractivity contribution in [1.82, 2.24) is 9.66 Å². The quantitative estimate of drug-likeness (QED) is 0.149. The van der Waals surface area contributed by atoms with Crippen LogP contribution in [-0.2, 0) is 0 Å². The van der Waals surface area contributed by atoms with Crippen LogP contribution < -0.4 is 31.8 Å². The van der Waals surface area contributed by atoms with Crippen LogP contribution in [0.1, 0.15) is 0 Å². The number of hydrogen-bond acceptors (Lipinski definition) is 3. The van der Waals surface area contributed by atoms with Gasteiger partial charge in [-0.2, -0.15) is 9.53 Å². The fourth-order valence-electron chi connectivity index (χ4n) is 6.51. The molecular weight excluding hydrogens is 634 g/mol. The first-order chi connectivity index (χ1) is 24.3. The van der Waals surface area contributed by atoms with Crippen molar-refractivity contribution in [3.8, 4) is 0 Å². The molecule has 8 rings (SSSR count). The molecule has 1 heterocycles. The van der Waals surface area contributed by atoms with Gasteiger partial charge in [0, 0.05) is 31.8 Å². The third-order valence-electron chi connectivity index (χ3n) is 8.76. The van der Waals surface area contributed by atoms with Crippen molar-refractivity contribution in [1.29, 1.82) is 0 Å². The molecule has 0 radical (unpaired) electrons. The molecule has 0 atom stereocenters. The van der Waals surface area contributed by atoms with E-state index in [1.165, 1.54) is 0 Å². The maximum absolute atomic E-state index is 5.94. The summed E-state index contributed by atoms with van der Waals surface area (Å²) in [5.74, 6) is 0.582. The van der Waals surface area contributed by atoms with E-state index in [4.69, 9.17) is 14.6 Å². The van der Waals surface area contributed by atoms with Crippen LogP contribution in [0.2, 0.25) is 0 Å². The Morgan fingerprint density at radius 1 is 0.347 bits per heavy atom. The molecule has 6 heteroatoms. The fourth-order valence-corrected chi connectivity index (χ4v) is 13.4. The molecule has 0 aliphatic rings. The number of fused-ring (bicyclic) bond motifs is 1. The van der Waals surface area contributed by atoms with Crippen LogP contribution in [0.5, 0.6) is 0 Å². The Morgan fingerprint density at radius 3 is 1.02 bits per heavy atom. The molecule has 0 saturated carbocycles. The van der Waals surface area contributed by atoms with Crippen molar-refractivity contribution in [2.75, 3.05) is 0 Å². The molecule has 0 fully saturated rings. The van der Waals surface area contributed by atoms with E-state index < -0.39 is 14.1 Å². The summed E-state index contributed by atoms with van der Waals surface area (Å²) in [6.07, 6.45) is 0. The molecule has 49 heavy (non-hydrogen) atoms. The molecule has 236 valence electrons. The first kappa shape index (κ1) is 30.8. The van der Waals surface area contributed by atoms with Crippen molar-refractivity contribution in [3.63, 3.8) is 0 Å². The smallest absolute Gasteiger partial charge is 0.217 e. The standard InChI is InChI=1S/C43H34N4P2/c1-7-21-35(22-8-1)48(36-23-9-2-10-24-36,37-25-11-3-12-26-37)45-43-44-41-33-19-20-34-42(41)47(43)46-49(38-27-13-4-14-28-38,39-29-15-5-16-30-39)40-31-17-6-18-32-40/h1-34H. The van der Waals surface area contributed by atoms with Gasteiger partial charge in [0.1, 0.15) is 0 Å². The van der Waals surface area contributed by atoms with Crippen LogP contribution in [0.4, 0.5) is 5.95 Å². The first-order valence-corrected chi connectivity index (χ1v) is 19.8. The summed E-state index contributed by atoms with van der Waals surface area (Å²) in [7, 11) is -5.30. The summed E-state index contributed by atoms with van der Waals surface area (Å²) >= 11 is 0. The summed E-state index contributed by atoms with van der Waals surface area (Å²) in [6, 6.07) is 72.5. The third kappa shape index (κ3) is 5.60. The van der Waals surface area contributed by atoms with E-state index in [-0.39, 0.29) is 0 Å². The van der Waals surface area contributed by atoms with Gasteiger partial charge < -0.3 is 0 Å². The van der Waals surface area contributed by atoms with Gasteiger partial charge in [0.05, 0.1) is 25.1 Å². The zero-order chi connectivity index (χ0) is 32.9. The molecule has 0 saturated heterocycles. The number of benzene rings is 7. The molecule has 1 aromatic heterocycles. The second-order valence-electron chi connectivity index (χ2n) is 11.7. The normalized spacial score (nSPS) is 11.7. The highest BCUT2D eigenvalue weighted by molar-refractivity contribution is 7.88. The van der Waals surface area contributed by atoms with Crippen molar-refractivity contribution >= 4 is 62.9 Å². The number of hydrogen-bond donors (Lipinski definition) is 0. The minimum Gasteiger partial charge on any atom is -0.217 e. The molecule has 8 aromatic rings. The molecule has 7 aromatic carbocycles. The number of nitrogens with zero attached hydrogens (tertiary/aromatic N) is 4. The van der Waals surface area contributed by atoms with Crippen LogP contribution >= 0.6 is 14.1 Å². The summed E-state index contributed by atoms with van der Waals surface area (Å²) in [5, 5.41) is 6.94. The van der Waals surface area contributed by atoms with E-state index >= 15 is 0 Å².